The van der Waals surface area contributed by atoms with Crippen LogP contribution in [0.15, 0.2) is 126 Å². The molecule has 0 radical (unpaired) electrons. The highest BCUT2D eigenvalue weighted by Gasteiger charge is 2.35. The van der Waals surface area contributed by atoms with Crippen LogP contribution < -0.4 is 0 Å². The Morgan fingerprint density at radius 2 is 1.31 bits per heavy atom. The van der Waals surface area contributed by atoms with Gasteiger partial charge in [0.05, 0.1) is 0 Å². The molecule has 186 valence electrons. The fourth-order valence-corrected chi connectivity index (χ4v) is 6.76. The van der Waals surface area contributed by atoms with Crippen molar-refractivity contribution >= 4 is 32.7 Å². The van der Waals surface area contributed by atoms with E-state index in [0.717, 1.165) is 23.2 Å². The predicted octanol–water partition coefficient (Wildman–Crippen LogP) is 10.3. The molecular formula is C38H28O. The summed E-state index contributed by atoms with van der Waals surface area (Å²) in [5, 5.41) is 4.86. The topological polar surface area (TPSA) is 13.1 Å². The van der Waals surface area contributed by atoms with Crippen LogP contribution in [0.1, 0.15) is 36.1 Å². The second kappa shape index (κ2) is 8.19. The zero-order valence-electron chi connectivity index (χ0n) is 22.2. The summed E-state index contributed by atoms with van der Waals surface area (Å²) in [5.41, 5.74) is 12.4. The van der Waals surface area contributed by atoms with Crippen molar-refractivity contribution in [3.05, 3.63) is 144 Å². The van der Waals surface area contributed by atoms with Gasteiger partial charge in [0, 0.05) is 28.2 Å². The third-order valence-corrected chi connectivity index (χ3v) is 8.70. The molecule has 0 saturated heterocycles. The highest BCUT2D eigenvalue weighted by Crippen LogP contribution is 2.49. The van der Waals surface area contributed by atoms with Gasteiger partial charge in [-0.3, -0.25) is 0 Å². The minimum Gasteiger partial charge on any atom is -0.455 e. The Hall–Kier alpha value is -4.62. The lowest BCUT2D eigenvalue weighted by Crippen LogP contribution is -2.15. The summed E-state index contributed by atoms with van der Waals surface area (Å²) in [4.78, 5) is 0. The molecule has 0 atom stereocenters. The Bertz CT molecular complexity index is 2060. The fourth-order valence-electron chi connectivity index (χ4n) is 6.76. The van der Waals surface area contributed by atoms with Crippen LogP contribution in [0.4, 0.5) is 0 Å². The number of rotatable bonds is 3. The average Bonchev–Trinajstić information content (AvgIpc) is 3.48. The number of furan rings is 1. The molecule has 0 fully saturated rings. The number of fused-ring (bicyclic) bond motifs is 8. The van der Waals surface area contributed by atoms with Gasteiger partial charge in [0.2, 0.25) is 0 Å². The molecule has 0 saturated carbocycles. The number of benzene rings is 6. The van der Waals surface area contributed by atoms with Crippen molar-refractivity contribution in [1.29, 1.82) is 0 Å². The fraction of sp³-hybridized carbons (Fsp3) is 0.105. The van der Waals surface area contributed by atoms with Gasteiger partial charge in [0.1, 0.15) is 11.2 Å². The Kier molecular flexibility index (Phi) is 4.70. The van der Waals surface area contributed by atoms with Gasteiger partial charge < -0.3 is 4.42 Å². The maximum Gasteiger partial charge on any atom is 0.143 e. The maximum absolute atomic E-state index is 6.83. The highest BCUT2D eigenvalue weighted by molar-refractivity contribution is 6.22. The summed E-state index contributed by atoms with van der Waals surface area (Å²) in [7, 11) is 0. The SMILES string of the molecule is CC1(C)c2ccccc2-c2ccc(Cc3cccc4c3oc3c(-c5ccccc5)cc5ccccc5c34)cc21. The zero-order valence-corrected chi connectivity index (χ0v) is 22.2. The van der Waals surface area contributed by atoms with Gasteiger partial charge in [-0.1, -0.05) is 129 Å². The largest absolute Gasteiger partial charge is 0.455 e. The first-order valence-corrected chi connectivity index (χ1v) is 13.7. The van der Waals surface area contributed by atoms with E-state index in [-0.39, 0.29) is 5.41 Å². The molecule has 39 heavy (non-hydrogen) atoms. The van der Waals surface area contributed by atoms with Crippen LogP contribution >= 0.6 is 0 Å². The first-order valence-electron chi connectivity index (χ1n) is 13.7. The van der Waals surface area contributed by atoms with Crippen LogP contribution in [-0.2, 0) is 11.8 Å². The van der Waals surface area contributed by atoms with Crippen LogP contribution in [0.3, 0.4) is 0 Å². The Morgan fingerprint density at radius 3 is 2.21 bits per heavy atom. The van der Waals surface area contributed by atoms with Gasteiger partial charge in [-0.15, -0.1) is 0 Å². The van der Waals surface area contributed by atoms with E-state index in [0.29, 0.717) is 0 Å². The summed E-state index contributed by atoms with van der Waals surface area (Å²) >= 11 is 0. The van der Waals surface area contributed by atoms with Gasteiger partial charge in [-0.05, 0) is 55.8 Å². The Morgan fingerprint density at radius 1 is 0.564 bits per heavy atom. The summed E-state index contributed by atoms with van der Waals surface area (Å²) in [6.07, 6.45) is 0.829. The maximum atomic E-state index is 6.83. The monoisotopic (exact) mass is 500 g/mol. The van der Waals surface area contributed by atoms with E-state index in [2.05, 4.69) is 135 Å². The smallest absolute Gasteiger partial charge is 0.143 e. The average molecular weight is 501 g/mol. The lowest BCUT2D eigenvalue weighted by molar-refractivity contribution is 0.658. The number of hydrogen-bond donors (Lipinski definition) is 0. The Labute approximate surface area is 228 Å². The second-order valence-electron chi connectivity index (χ2n) is 11.3. The molecule has 1 heteroatoms. The lowest BCUT2D eigenvalue weighted by Gasteiger charge is -2.22. The standard InChI is InChI=1S/C38H28O/c1-38(2)33-18-9-8-16-29(33)30-20-19-24(22-34(30)38)21-27-14-10-17-31-35-28-15-7-6-13-26(28)23-32(37(35)39-36(27)31)25-11-4-3-5-12-25/h3-20,22-23H,21H2,1-2H3. The van der Waals surface area contributed by atoms with Crippen LogP contribution in [-0.4, -0.2) is 0 Å². The minimum absolute atomic E-state index is 0.00317. The van der Waals surface area contributed by atoms with Crippen molar-refractivity contribution in [3.63, 3.8) is 0 Å². The van der Waals surface area contributed by atoms with Crippen molar-refractivity contribution in [2.45, 2.75) is 25.7 Å². The molecule has 1 heterocycles. The van der Waals surface area contributed by atoms with Crippen LogP contribution in [0.25, 0.3) is 55.0 Å². The molecule has 0 amide bonds. The van der Waals surface area contributed by atoms with E-state index in [1.54, 1.807) is 0 Å². The molecule has 1 aromatic heterocycles. The quantitative estimate of drug-likeness (QED) is 0.235. The van der Waals surface area contributed by atoms with E-state index in [1.165, 1.54) is 60.5 Å². The zero-order chi connectivity index (χ0) is 26.1. The van der Waals surface area contributed by atoms with E-state index in [4.69, 9.17) is 4.42 Å². The third-order valence-electron chi connectivity index (χ3n) is 8.70. The summed E-state index contributed by atoms with van der Waals surface area (Å²) in [6.45, 7) is 4.69. The summed E-state index contributed by atoms with van der Waals surface area (Å²) < 4.78 is 6.83. The van der Waals surface area contributed by atoms with Crippen molar-refractivity contribution in [1.82, 2.24) is 0 Å². The van der Waals surface area contributed by atoms with Gasteiger partial charge in [0.15, 0.2) is 0 Å². The third kappa shape index (κ3) is 3.26. The van der Waals surface area contributed by atoms with Gasteiger partial charge in [0.25, 0.3) is 0 Å². The molecule has 0 aliphatic heterocycles. The molecule has 1 nitrogen and oxygen atoms in total. The number of para-hydroxylation sites is 1. The lowest BCUT2D eigenvalue weighted by atomic mass is 9.81. The van der Waals surface area contributed by atoms with Crippen LogP contribution in [0.5, 0.6) is 0 Å². The first kappa shape index (κ1) is 22.4. The van der Waals surface area contributed by atoms with Gasteiger partial charge in [-0.2, -0.15) is 0 Å². The van der Waals surface area contributed by atoms with Gasteiger partial charge in [-0.25, -0.2) is 0 Å². The molecule has 7 aromatic rings. The van der Waals surface area contributed by atoms with Crippen LogP contribution in [0.2, 0.25) is 0 Å². The molecular weight excluding hydrogens is 472 g/mol. The molecule has 0 unspecified atom stereocenters. The normalized spacial score (nSPS) is 13.7. The first-order chi connectivity index (χ1) is 19.1. The molecule has 8 rings (SSSR count). The molecule has 1 aliphatic carbocycles. The van der Waals surface area contributed by atoms with E-state index in [1.807, 2.05) is 0 Å². The van der Waals surface area contributed by atoms with Gasteiger partial charge >= 0.3 is 0 Å². The van der Waals surface area contributed by atoms with Crippen molar-refractivity contribution < 1.29 is 4.42 Å². The molecule has 0 bridgehead atoms. The molecule has 0 spiro atoms. The van der Waals surface area contributed by atoms with Crippen molar-refractivity contribution in [2.24, 2.45) is 0 Å². The Balaban J connectivity index is 1.32. The molecule has 6 aromatic carbocycles. The van der Waals surface area contributed by atoms with Crippen molar-refractivity contribution in [3.8, 4) is 22.3 Å². The predicted molar refractivity (Wildman–Crippen MR) is 163 cm³/mol. The van der Waals surface area contributed by atoms with E-state index in [9.17, 15) is 0 Å². The molecule has 0 N–H and O–H groups in total. The van der Waals surface area contributed by atoms with Crippen molar-refractivity contribution in [2.75, 3.05) is 0 Å². The number of hydrogen-bond acceptors (Lipinski definition) is 1. The summed E-state index contributed by atoms with van der Waals surface area (Å²) in [6, 6.07) is 44.0. The second-order valence-corrected chi connectivity index (χ2v) is 11.3. The van der Waals surface area contributed by atoms with E-state index < -0.39 is 0 Å². The highest BCUT2D eigenvalue weighted by atomic mass is 16.3. The molecule has 1 aliphatic rings. The minimum atomic E-state index is -0.00317. The summed E-state index contributed by atoms with van der Waals surface area (Å²) in [5.74, 6) is 0. The van der Waals surface area contributed by atoms with E-state index >= 15 is 0 Å². The van der Waals surface area contributed by atoms with Crippen LogP contribution in [0, 0.1) is 0 Å².